The van der Waals surface area contributed by atoms with Crippen molar-refractivity contribution in [3.05, 3.63) is 89.8 Å². The third-order valence-corrected chi connectivity index (χ3v) is 7.35. The van der Waals surface area contributed by atoms with Crippen LogP contribution in [-0.2, 0) is 13.1 Å². The Kier molecular flexibility index (Phi) is 7.23. The Bertz CT molecular complexity index is 1230. The molecule has 1 aliphatic rings. The van der Waals surface area contributed by atoms with E-state index < -0.39 is 0 Å². The van der Waals surface area contributed by atoms with Gasteiger partial charge >= 0.3 is 0 Å². The molecule has 4 aromatic rings. The van der Waals surface area contributed by atoms with Crippen LogP contribution >= 0.6 is 11.3 Å². The van der Waals surface area contributed by atoms with Crippen LogP contribution in [0.1, 0.15) is 15.9 Å². The number of nitrogens with one attached hydrogen (secondary N) is 1. The predicted octanol–water partition coefficient (Wildman–Crippen LogP) is 4.26. The normalized spacial score (nSPS) is 14.7. The third kappa shape index (κ3) is 5.97. The molecule has 180 valence electrons. The van der Waals surface area contributed by atoms with E-state index in [0.717, 1.165) is 56.3 Å². The molecule has 7 nitrogen and oxygen atoms in total. The zero-order chi connectivity index (χ0) is 24.0. The van der Waals surface area contributed by atoms with Crippen LogP contribution < -0.4 is 11.1 Å². The van der Waals surface area contributed by atoms with E-state index in [-0.39, 0.29) is 5.91 Å². The molecule has 2 aromatic heterocycles. The molecule has 0 bridgehead atoms. The monoisotopic (exact) mass is 486 g/mol. The summed E-state index contributed by atoms with van der Waals surface area (Å²) in [4.78, 5) is 23.1. The number of nitrogen functional groups attached to an aromatic ring is 1. The van der Waals surface area contributed by atoms with E-state index in [1.54, 1.807) is 11.3 Å². The summed E-state index contributed by atoms with van der Waals surface area (Å²) in [6, 6.07) is 17.7. The predicted molar refractivity (Wildman–Crippen MR) is 143 cm³/mol. The second-order valence-corrected chi connectivity index (χ2v) is 9.80. The number of anilines is 2. The van der Waals surface area contributed by atoms with Gasteiger partial charge in [-0.15, -0.1) is 11.3 Å². The molecule has 5 rings (SSSR count). The summed E-state index contributed by atoms with van der Waals surface area (Å²) >= 11 is 1.66. The fourth-order valence-corrected chi connectivity index (χ4v) is 5.05. The Labute approximate surface area is 209 Å². The molecule has 1 saturated heterocycles. The highest BCUT2D eigenvalue weighted by Gasteiger charge is 2.17. The number of hydrogen-bond donors (Lipinski definition) is 2. The molecule has 0 spiro atoms. The number of amides is 1. The summed E-state index contributed by atoms with van der Waals surface area (Å²) < 4.78 is 2.12. The van der Waals surface area contributed by atoms with Crippen LogP contribution in [0.3, 0.4) is 0 Å². The number of carbonyl (C=O) groups is 1. The number of hydrogen-bond acceptors (Lipinski definition) is 6. The number of benzene rings is 2. The molecule has 1 aliphatic heterocycles. The van der Waals surface area contributed by atoms with Crippen molar-refractivity contribution in [3.63, 3.8) is 0 Å². The molecule has 3 N–H and O–H groups in total. The highest BCUT2D eigenvalue weighted by Crippen LogP contribution is 2.30. The number of nitrogens with two attached hydrogens (primary N) is 1. The molecule has 1 amide bonds. The van der Waals surface area contributed by atoms with Gasteiger partial charge in [-0.2, -0.15) is 0 Å². The second-order valence-electron chi connectivity index (χ2n) is 8.85. The molecule has 0 unspecified atom stereocenters. The first-order valence-corrected chi connectivity index (χ1v) is 12.8. The molecule has 0 radical (unpaired) electrons. The van der Waals surface area contributed by atoms with Gasteiger partial charge in [0.1, 0.15) is 0 Å². The fourth-order valence-electron chi connectivity index (χ4n) is 4.32. The van der Waals surface area contributed by atoms with Crippen molar-refractivity contribution < 1.29 is 4.79 Å². The van der Waals surface area contributed by atoms with E-state index in [9.17, 15) is 4.79 Å². The standard InChI is InChI=1S/C27H30N6OS/c28-24-8-7-23(26-2-1-17-35-26)18-25(24)30-27(34)22-5-3-21(4-6-22)19-32-14-11-31(12-15-32)13-16-33-10-9-29-20-33/h1-10,17-18,20H,11-16,19,28H2,(H,30,34). The SMILES string of the molecule is Nc1ccc(-c2cccs2)cc1NC(=O)c1ccc(CN2CCN(CCn3ccnc3)CC2)cc1. The maximum atomic E-state index is 12.9. The number of carbonyl (C=O) groups excluding carboxylic acids is 1. The maximum absolute atomic E-state index is 12.9. The van der Waals surface area contributed by atoms with Gasteiger partial charge in [0.2, 0.25) is 0 Å². The third-order valence-electron chi connectivity index (χ3n) is 6.43. The van der Waals surface area contributed by atoms with E-state index >= 15 is 0 Å². The molecule has 35 heavy (non-hydrogen) atoms. The van der Waals surface area contributed by atoms with Crippen molar-refractivity contribution in [2.45, 2.75) is 13.1 Å². The van der Waals surface area contributed by atoms with Gasteiger partial charge in [0.15, 0.2) is 0 Å². The number of aromatic nitrogens is 2. The van der Waals surface area contributed by atoms with Crippen LogP contribution in [0, 0.1) is 0 Å². The Morgan fingerprint density at radius 2 is 1.80 bits per heavy atom. The van der Waals surface area contributed by atoms with E-state index in [0.29, 0.717) is 16.9 Å². The van der Waals surface area contributed by atoms with Crippen molar-refractivity contribution in [1.82, 2.24) is 19.4 Å². The summed E-state index contributed by atoms with van der Waals surface area (Å²) in [6.07, 6.45) is 5.71. The number of rotatable bonds is 8. The van der Waals surface area contributed by atoms with Gasteiger partial charge in [-0.1, -0.05) is 24.3 Å². The van der Waals surface area contributed by atoms with Crippen molar-refractivity contribution >= 4 is 28.6 Å². The van der Waals surface area contributed by atoms with Crippen molar-refractivity contribution in [1.29, 1.82) is 0 Å². The average Bonchev–Trinajstić information content (AvgIpc) is 3.60. The molecule has 0 aliphatic carbocycles. The summed E-state index contributed by atoms with van der Waals surface area (Å²) in [5.74, 6) is -0.155. The number of piperazine rings is 1. The van der Waals surface area contributed by atoms with Gasteiger partial charge in [-0.25, -0.2) is 4.98 Å². The van der Waals surface area contributed by atoms with E-state index in [1.807, 2.05) is 72.6 Å². The van der Waals surface area contributed by atoms with E-state index in [1.165, 1.54) is 5.56 Å². The molecular weight excluding hydrogens is 456 g/mol. The zero-order valence-corrected chi connectivity index (χ0v) is 20.5. The van der Waals surface area contributed by atoms with Crippen LogP contribution in [0.25, 0.3) is 10.4 Å². The highest BCUT2D eigenvalue weighted by molar-refractivity contribution is 7.13. The molecule has 3 heterocycles. The maximum Gasteiger partial charge on any atom is 0.255 e. The van der Waals surface area contributed by atoms with Gasteiger partial charge < -0.3 is 15.6 Å². The average molecular weight is 487 g/mol. The Morgan fingerprint density at radius 1 is 1.00 bits per heavy atom. The smallest absolute Gasteiger partial charge is 0.255 e. The van der Waals surface area contributed by atoms with Gasteiger partial charge in [-0.05, 0) is 46.8 Å². The van der Waals surface area contributed by atoms with Gasteiger partial charge in [0.05, 0.1) is 17.7 Å². The summed E-state index contributed by atoms with van der Waals surface area (Å²) in [5.41, 5.74) is 10.2. The van der Waals surface area contributed by atoms with E-state index in [4.69, 9.17) is 5.73 Å². The lowest BCUT2D eigenvalue weighted by molar-refractivity contribution is 0.102. The molecule has 8 heteroatoms. The van der Waals surface area contributed by atoms with Crippen LogP contribution in [-0.4, -0.2) is 58.0 Å². The molecule has 0 saturated carbocycles. The first kappa shape index (κ1) is 23.3. The lowest BCUT2D eigenvalue weighted by Gasteiger charge is -2.34. The molecule has 0 atom stereocenters. The molecule has 1 fully saturated rings. The summed E-state index contributed by atoms with van der Waals surface area (Å²) in [7, 11) is 0. The molecular formula is C27H30N6OS. The summed E-state index contributed by atoms with van der Waals surface area (Å²) in [6.45, 7) is 7.16. The van der Waals surface area contributed by atoms with Gasteiger partial charge in [0.25, 0.3) is 5.91 Å². The second kappa shape index (κ2) is 10.9. The van der Waals surface area contributed by atoms with Gasteiger partial charge in [-0.3, -0.25) is 14.6 Å². The lowest BCUT2D eigenvalue weighted by Crippen LogP contribution is -2.46. The van der Waals surface area contributed by atoms with Crippen molar-refractivity contribution in [2.75, 3.05) is 43.8 Å². The number of imidazole rings is 1. The van der Waals surface area contributed by atoms with Crippen LogP contribution in [0.2, 0.25) is 0 Å². The van der Waals surface area contributed by atoms with E-state index in [2.05, 4.69) is 30.7 Å². The highest BCUT2D eigenvalue weighted by atomic mass is 32.1. The van der Waals surface area contributed by atoms with Crippen LogP contribution in [0.4, 0.5) is 11.4 Å². The Morgan fingerprint density at radius 3 is 2.51 bits per heavy atom. The Hall–Kier alpha value is -3.46. The quantitative estimate of drug-likeness (QED) is 0.364. The largest absolute Gasteiger partial charge is 0.397 e. The fraction of sp³-hybridized carbons (Fsp3) is 0.259. The summed E-state index contributed by atoms with van der Waals surface area (Å²) in [5, 5.41) is 5.01. The minimum atomic E-state index is -0.155. The number of thiophene rings is 1. The van der Waals surface area contributed by atoms with Crippen molar-refractivity contribution in [2.24, 2.45) is 0 Å². The first-order chi connectivity index (χ1) is 17.1. The minimum absolute atomic E-state index is 0.155. The first-order valence-electron chi connectivity index (χ1n) is 11.9. The van der Waals surface area contributed by atoms with Crippen LogP contribution in [0.15, 0.2) is 78.7 Å². The molecule has 2 aromatic carbocycles. The Balaban J connectivity index is 1.13. The topological polar surface area (TPSA) is 79.4 Å². The minimum Gasteiger partial charge on any atom is -0.397 e. The van der Waals surface area contributed by atoms with Crippen molar-refractivity contribution in [3.8, 4) is 10.4 Å². The number of nitrogens with zero attached hydrogens (tertiary/aromatic N) is 4. The lowest BCUT2D eigenvalue weighted by atomic mass is 10.1. The van der Waals surface area contributed by atoms with Crippen LogP contribution in [0.5, 0.6) is 0 Å². The zero-order valence-electron chi connectivity index (χ0n) is 19.6. The van der Waals surface area contributed by atoms with Gasteiger partial charge in [0, 0.05) is 68.6 Å².